The van der Waals surface area contributed by atoms with E-state index in [1.807, 2.05) is 42.3 Å². The molecule has 1 aromatic heterocycles. The van der Waals surface area contributed by atoms with E-state index in [1.54, 1.807) is 12.3 Å². The predicted molar refractivity (Wildman–Crippen MR) is 69.4 cm³/mol. The Balaban J connectivity index is 2.24. The van der Waals surface area contributed by atoms with Gasteiger partial charge in [-0.05, 0) is 11.6 Å². The van der Waals surface area contributed by atoms with Crippen molar-refractivity contribution in [3.8, 4) is 0 Å². The summed E-state index contributed by atoms with van der Waals surface area (Å²) < 4.78 is 0. The van der Waals surface area contributed by atoms with E-state index in [1.165, 1.54) is 6.20 Å². The molecule has 0 aliphatic rings. The van der Waals surface area contributed by atoms with Crippen molar-refractivity contribution < 1.29 is 4.92 Å². The summed E-state index contributed by atoms with van der Waals surface area (Å²) in [6, 6.07) is 11.5. The van der Waals surface area contributed by atoms with Gasteiger partial charge in [-0.3, -0.25) is 15.1 Å². The van der Waals surface area contributed by atoms with Crippen molar-refractivity contribution in [3.05, 3.63) is 64.5 Å². The van der Waals surface area contributed by atoms with Crippen molar-refractivity contribution in [3.63, 3.8) is 0 Å². The minimum absolute atomic E-state index is 0.0240. The van der Waals surface area contributed by atoms with Gasteiger partial charge in [0.2, 0.25) is 0 Å². The maximum absolute atomic E-state index is 10.9. The first kappa shape index (κ1) is 12.0. The Kier molecular flexibility index (Phi) is 3.52. The maximum atomic E-state index is 10.9. The van der Waals surface area contributed by atoms with Crippen LogP contribution in [-0.2, 0) is 6.54 Å². The highest BCUT2D eigenvalue weighted by Gasteiger charge is 2.16. The minimum atomic E-state index is -0.413. The summed E-state index contributed by atoms with van der Waals surface area (Å²) in [6.45, 7) is 0.617. The molecule has 0 saturated carbocycles. The fraction of sp³-hybridized carbons (Fsp3) is 0.154. The number of anilines is 1. The summed E-state index contributed by atoms with van der Waals surface area (Å²) in [5.41, 5.74) is 1.70. The lowest BCUT2D eigenvalue weighted by molar-refractivity contribution is -0.384. The molecule has 0 aliphatic carbocycles. The van der Waals surface area contributed by atoms with Gasteiger partial charge >= 0.3 is 5.69 Å². The van der Waals surface area contributed by atoms with Gasteiger partial charge in [0, 0.05) is 19.8 Å². The van der Waals surface area contributed by atoms with E-state index in [0.29, 0.717) is 12.2 Å². The molecule has 0 fully saturated rings. The molecular formula is C13H13N3O2. The molecule has 0 aliphatic heterocycles. The zero-order valence-electron chi connectivity index (χ0n) is 9.98. The van der Waals surface area contributed by atoms with E-state index in [4.69, 9.17) is 0 Å². The van der Waals surface area contributed by atoms with Crippen LogP contribution >= 0.6 is 0 Å². The first-order chi connectivity index (χ1) is 8.68. The SMILES string of the molecule is CN(Cc1ccccc1)c1ccncc1[N+](=O)[O-]. The Morgan fingerprint density at radius 3 is 2.67 bits per heavy atom. The van der Waals surface area contributed by atoms with Gasteiger partial charge in [-0.15, -0.1) is 0 Å². The molecule has 92 valence electrons. The van der Waals surface area contributed by atoms with Gasteiger partial charge < -0.3 is 4.90 Å². The second-order valence-electron chi connectivity index (χ2n) is 3.96. The predicted octanol–water partition coefficient (Wildman–Crippen LogP) is 2.63. The maximum Gasteiger partial charge on any atom is 0.310 e. The van der Waals surface area contributed by atoms with E-state index in [9.17, 15) is 10.1 Å². The molecule has 0 saturated heterocycles. The molecule has 0 atom stereocenters. The quantitative estimate of drug-likeness (QED) is 0.611. The third-order valence-corrected chi connectivity index (χ3v) is 2.65. The molecule has 1 aromatic carbocycles. The lowest BCUT2D eigenvalue weighted by Crippen LogP contribution is -2.17. The fourth-order valence-electron chi connectivity index (χ4n) is 1.78. The van der Waals surface area contributed by atoms with E-state index in [-0.39, 0.29) is 5.69 Å². The number of aromatic nitrogens is 1. The molecule has 0 radical (unpaired) electrons. The van der Waals surface area contributed by atoms with Crippen LogP contribution in [0.5, 0.6) is 0 Å². The van der Waals surface area contributed by atoms with Crippen LogP contribution in [-0.4, -0.2) is 17.0 Å². The van der Waals surface area contributed by atoms with Crippen LogP contribution < -0.4 is 4.90 Å². The molecule has 5 heteroatoms. The van der Waals surface area contributed by atoms with Gasteiger partial charge in [0.1, 0.15) is 11.9 Å². The largest absolute Gasteiger partial charge is 0.365 e. The number of benzene rings is 1. The molecule has 1 heterocycles. The van der Waals surface area contributed by atoms with Gasteiger partial charge in [0.25, 0.3) is 0 Å². The highest BCUT2D eigenvalue weighted by Crippen LogP contribution is 2.26. The zero-order valence-corrected chi connectivity index (χ0v) is 9.98. The van der Waals surface area contributed by atoms with Crippen LogP contribution in [0.2, 0.25) is 0 Å². The molecule has 0 amide bonds. The van der Waals surface area contributed by atoms with Gasteiger partial charge in [-0.1, -0.05) is 30.3 Å². The molecular weight excluding hydrogens is 230 g/mol. The average molecular weight is 243 g/mol. The summed E-state index contributed by atoms with van der Waals surface area (Å²) in [7, 11) is 1.83. The van der Waals surface area contributed by atoms with E-state index >= 15 is 0 Å². The number of hydrogen-bond acceptors (Lipinski definition) is 4. The summed E-state index contributed by atoms with van der Waals surface area (Å²) >= 11 is 0. The zero-order chi connectivity index (χ0) is 13.0. The highest BCUT2D eigenvalue weighted by atomic mass is 16.6. The van der Waals surface area contributed by atoms with Crippen molar-refractivity contribution in [2.45, 2.75) is 6.54 Å². The van der Waals surface area contributed by atoms with Gasteiger partial charge in [0.05, 0.1) is 4.92 Å². The lowest BCUT2D eigenvalue weighted by atomic mass is 10.2. The van der Waals surface area contributed by atoms with Crippen molar-refractivity contribution >= 4 is 11.4 Å². The molecule has 2 rings (SSSR count). The number of nitrogens with zero attached hydrogens (tertiary/aromatic N) is 3. The van der Waals surface area contributed by atoms with Crippen LogP contribution in [0.4, 0.5) is 11.4 Å². The summed E-state index contributed by atoms with van der Waals surface area (Å²) in [5.74, 6) is 0. The van der Waals surface area contributed by atoms with Gasteiger partial charge in [-0.25, -0.2) is 0 Å². The van der Waals surface area contributed by atoms with Crippen LogP contribution in [0.1, 0.15) is 5.56 Å². The monoisotopic (exact) mass is 243 g/mol. The number of hydrogen-bond donors (Lipinski definition) is 0. The number of nitro groups is 1. The van der Waals surface area contributed by atoms with E-state index < -0.39 is 4.92 Å². The van der Waals surface area contributed by atoms with Crippen LogP contribution in [0.3, 0.4) is 0 Å². The topological polar surface area (TPSA) is 59.3 Å². The first-order valence-electron chi connectivity index (χ1n) is 5.52. The Hall–Kier alpha value is -2.43. The van der Waals surface area contributed by atoms with Gasteiger partial charge in [-0.2, -0.15) is 0 Å². The second-order valence-corrected chi connectivity index (χ2v) is 3.96. The van der Waals surface area contributed by atoms with Crippen molar-refractivity contribution in [2.24, 2.45) is 0 Å². The molecule has 5 nitrogen and oxygen atoms in total. The molecule has 0 N–H and O–H groups in total. The van der Waals surface area contributed by atoms with Crippen molar-refractivity contribution in [2.75, 3.05) is 11.9 Å². The molecule has 18 heavy (non-hydrogen) atoms. The van der Waals surface area contributed by atoms with Crippen LogP contribution in [0.15, 0.2) is 48.8 Å². The molecule has 2 aromatic rings. The van der Waals surface area contributed by atoms with Crippen LogP contribution in [0, 0.1) is 10.1 Å². The Labute approximate surface area is 105 Å². The van der Waals surface area contributed by atoms with Crippen molar-refractivity contribution in [1.29, 1.82) is 0 Å². The van der Waals surface area contributed by atoms with Crippen LogP contribution in [0.25, 0.3) is 0 Å². The highest BCUT2D eigenvalue weighted by molar-refractivity contribution is 5.61. The molecule has 0 spiro atoms. The summed E-state index contributed by atoms with van der Waals surface area (Å²) in [4.78, 5) is 16.1. The summed E-state index contributed by atoms with van der Waals surface area (Å²) in [6.07, 6.45) is 2.83. The smallest absolute Gasteiger partial charge is 0.310 e. The molecule has 0 bridgehead atoms. The average Bonchev–Trinajstić information content (AvgIpc) is 2.40. The molecule has 0 unspecified atom stereocenters. The Bertz CT molecular complexity index is 543. The normalized spacial score (nSPS) is 10.1. The third-order valence-electron chi connectivity index (χ3n) is 2.65. The number of rotatable bonds is 4. The minimum Gasteiger partial charge on any atom is -0.365 e. The second kappa shape index (κ2) is 5.27. The van der Waals surface area contributed by atoms with E-state index in [0.717, 1.165) is 5.56 Å². The first-order valence-corrected chi connectivity index (χ1v) is 5.52. The van der Waals surface area contributed by atoms with E-state index in [2.05, 4.69) is 4.98 Å². The standard InChI is InChI=1S/C13H13N3O2/c1-15(10-11-5-3-2-4-6-11)12-7-8-14-9-13(12)16(17)18/h2-9H,10H2,1H3. The fourth-order valence-corrected chi connectivity index (χ4v) is 1.78. The van der Waals surface area contributed by atoms with Gasteiger partial charge in [0.15, 0.2) is 0 Å². The Morgan fingerprint density at radius 1 is 1.28 bits per heavy atom. The summed E-state index contributed by atoms with van der Waals surface area (Å²) in [5, 5.41) is 10.9. The number of pyridine rings is 1. The Morgan fingerprint density at radius 2 is 2.00 bits per heavy atom. The van der Waals surface area contributed by atoms with Crippen molar-refractivity contribution in [1.82, 2.24) is 4.98 Å². The third kappa shape index (κ3) is 2.63. The lowest BCUT2D eigenvalue weighted by Gasteiger charge is -2.18.